The van der Waals surface area contributed by atoms with E-state index < -0.39 is 11.9 Å². The van der Waals surface area contributed by atoms with Gasteiger partial charge in [0, 0.05) is 18.0 Å². The minimum atomic E-state index is -4.47. The van der Waals surface area contributed by atoms with Gasteiger partial charge in [-0.3, -0.25) is 9.97 Å². The smallest absolute Gasteiger partial charge is 0.397 e. The number of pyridine rings is 2. The lowest BCUT2D eigenvalue weighted by atomic mass is 10.1. The van der Waals surface area contributed by atoms with E-state index in [2.05, 4.69) is 9.97 Å². The molecule has 4 N–H and O–H groups in total. The number of rotatable bonds is 1. The number of hydrogen-bond donors (Lipinski definition) is 2. The Bertz CT molecular complexity index is 563. The van der Waals surface area contributed by atoms with Crippen molar-refractivity contribution in [1.82, 2.24) is 9.97 Å². The molecule has 2 rings (SSSR count). The minimum Gasteiger partial charge on any atom is -0.397 e. The van der Waals surface area contributed by atoms with Crippen LogP contribution < -0.4 is 11.5 Å². The third kappa shape index (κ3) is 2.20. The zero-order chi connectivity index (χ0) is 13.3. The first-order valence-electron chi connectivity index (χ1n) is 4.93. The maximum Gasteiger partial charge on any atom is 0.433 e. The largest absolute Gasteiger partial charge is 0.433 e. The van der Waals surface area contributed by atoms with Gasteiger partial charge in [0.1, 0.15) is 5.69 Å². The van der Waals surface area contributed by atoms with Crippen LogP contribution in [0.5, 0.6) is 0 Å². The summed E-state index contributed by atoms with van der Waals surface area (Å²) in [6.07, 6.45) is -1.97. The fourth-order valence-electron chi connectivity index (χ4n) is 1.42. The van der Waals surface area contributed by atoms with Crippen LogP contribution in [0, 0.1) is 0 Å². The first kappa shape index (κ1) is 12.2. The molecule has 94 valence electrons. The molecule has 0 atom stereocenters. The summed E-state index contributed by atoms with van der Waals surface area (Å²) in [7, 11) is 0. The highest BCUT2D eigenvalue weighted by atomic mass is 19.4. The average Bonchev–Trinajstić information content (AvgIpc) is 2.32. The monoisotopic (exact) mass is 254 g/mol. The number of nitrogen functional groups attached to an aromatic ring is 2. The number of nitrogens with two attached hydrogens (primary N) is 2. The minimum absolute atomic E-state index is 0.221. The van der Waals surface area contributed by atoms with Crippen LogP contribution in [-0.2, 0) is 6.18 Å². The van der Waals surface area contributed by atoms with E-state index in [1.54, 1.807) is 0 Å². The van der Waals surface area contributed by atoms with E-state index in [9.17, 15) is 13.2 Å². The highest BCUT2D eigenvalue weighted by Crippen LogP contribution is 2.31. The zero-order valence-corrected chi connectivity index (χ0v) is 9.07. The maximum absolute atomic E-state index is 12.3. The van der Waals surface area contributed by atoms with Crippen molar-refractivity contribution in [3.05, 3.63) is 36.3 Å². The highest BCUT2D eigenvalue weighted by molar-refractivity contribution is 5.80. The third-order valence-electron chi connectivity index (χ3n) is 2.35. The summed E-state index contributed by atoms with van der Waals surface area (Å²) in [5, 5.41) is 0. The molecule has 7 heteroatoms. The Morgan fingerprint density at radius 3 is 2.28 bits per heavy atom. The SMILES string of the molecule is Nc1ccnc(-c2ccc(C(F)(F)F)nc2)c1N. The van der Waals surface area contributed by atoms with Gasteiger partial charge in [-0.1, -0.05) is 0 Å². The van der Waals surface area contributed by atoms with E-state index in [4.69, 9.17) is 11.5 Å². The van der Waals surface area contributed by atoms with Crippen LogP contribution in [0.15, 0.2) is 30.6 Å². The number of anilines is 2. The van der Waals surface area contributed by atoms with Gasteiger partial charge in [-0.25, -0.2) is 0 Å². The average molecular weight is 254 g/mol. The van der Waals surface area contributed by atoms with E-state index in [1.165, 1.54) is 18.3 Å². The normalized spacial score (nSPS) is 11.5. The van der Waals surface area contributed by atoms with Crippen molar-refractivity contribution in [2.75, 3.05) is 11.5 Å². The van der Waals surface area contributed by atoms with Crippen LogP contribution in [-0.4, -0.2) is 9.97 Å². The molecule has 0 aromatic carbocycles. The van der Waals surface area contributed by atoms with Crippen LogP contribution in [0.3, 0.4) is 0 Å². The van der Waals surface area contributed by atoms with Crippen molar-refractivity contribution in [2.24, 2.45) is 0 Å². The number of alkyl halides is 3. The standard InChI is InChI=1S/C11H9F3N4/c12-11(13,14)8-2-1-6(5-18-8)10-9(16)7(15)3-4-17-10/h1-5H,16H2,(H2,15,17). The van der Waals surface area contributed by atoms with Crippen LogP contribution in [0.1, 0.15) is 5.69 Å². The van der Waals surface area contributed by atoms with Gasteiger partial charge in [-0.15, -0.1) is 0 Å². The quantitative estimate of drug-likeness (QED) is 0.818. The molecule has 4 nitrogen and oxygen atoms in total. The molecule has 0 aliphatic heterocycles. The van der Waals surface area contributed by atoms with Crippen LogP contribution in [0.2, 0.25) is 0 Å². The molecule has 0 saturated carbocycles. The van der Waals surface area contributed by atoms with E-state index in [0.717, 1.165) is 12.3 Å². The van der Waals surface area contributed by atoms with Crippen molar-refractivity contribution in [3.63, 3.8) is 0 Å². The van der Waals surface area contributed by atoms with E-state index in [1.807, 2.05) is 0 Å². The Kier molecular flexibility index (Phi) is 2.82. The lowest BCUT2D eigenvalue weighted by Crippen LogP contribution is -2.07. The van der Waals surface area contributed by atoms with Gasteiger partial charge in [-0.05, 0) is 18.2 Å². The summed E-state index contributed by atoms with van der Waals surface area (Å²) in [6.45, 7) is 0. The van der Waals surface area contributed by atoms with Crippen molar-refractivity contribution in [2.45, 2.75) is 6.18 Å². The number of halogens is 3. The molecule has 0 radical (unpaired) electrons. The molecular formula is C11H9F3N4. The molecule has 0 spiro atoms. The van der Waals surface area contributed by atoms with Crippen LogP contribution in [0.25, 0.3) is 11.3 Å². The van der Waals surface area contributed by atoms with Gasteiger partial charge >= 0.3 is 6.18 Å². The second-order valence-corrected chi connectivity index (χ2v) is 3.59. The number of aromatic nitrogens is 2. The summed E-state index contributed by atoms with van der Waals surface area (Å²) in [4.78, 5) is 7.31. The molecule has 0 aliphatic rings. The molecule has 0 saturated heterocycles. The second-order valence-electron chi connectivity index (χ2n) is 3.59. The summed E-state index contributed by atoms with van der Waals surface area (Å²) in [5.41, 5.74) is 11.6. The summed E-state index contributed by atoms with van der Waals surface area (Å²) >= 11 is 0. The Balaban J connectivity index is 2.44. The predicted molar refractivity (Wildman–Crippen MR) is 61.3 cm³/mol. The fourth-order valence-corrected chi connectivity index (χ4v) is 1.42. The van der Waals surface area contributed by atoms with Gasteiger partial charge < -0.3 is 11.5 Å². The van der Waals surface area contributed by atoms with E-state index in [-0.39, 0.29) is 5.69 Å². The van der Waals surface area contributed by atoms with Gasteiger partial charge in [0.15, 0.2) is 0 Å². The van der Waals surface area contributed by atoms with E-state index >= 15 is 0 Å². The molecule has 0 amide bonds. The molecule has 0 unspecified atom stereocenters. The molecule has 2 aromatic rings. The summed E-state index contributed by atoms with van der Waals surface area (Å²) < 4.78 is 37.0. The van der Waals surface area contributed by atoms with E-state index in [0.29, 0.717) is 16.9 Å². The van der Waals surface area contributed by atoms with Crippen LogP contribution >= 0.6 is 0 Å². The van der Waals surface area contributed by atoms with Gasteiger partial charge in [0.25, 0.3) is 0 Å². The lowest BCUT2D eigenvalue weighted by molar-refractivity contribution is -0.141. The molecule has 0 fully saturated rings. The summed E-state index contributed by atoms with van der Waals surface area (Å²) in [6, 6.07) is 3.64. The first-order valence-corrected chi connectivity index (χ1v) is 4.93. The van der Waals surface area contributed by atoms with Crippen molar-refractivity contribution in [3.8, 4) is 11.3 Å². The van der Waals surface area contributed by atoms with Crippen molar-refractivity contribution >= 4 is 11.4 Å². The van der Waals surface area contributed by atoms with Crippen molar-refractivity contribution in [1.29, 1.82) is 0 Å². The topological polar surface area (TPSA) is 77.8 Å². The molecular weight excluding hydrogens is 245 g/mol. The van der Waals surface area contributed by atoms with Gasteiger partial charge in [0.05, 0.1) is 17.1 Å². The molecule has 0 bridgehead atoms. The Labute approximate surface area is 100 Å². The zero-order valence-electron chi connectivity index (χ0n) is 9.07. The lowest BCUT2D eigenvalue weighted by Gasteiger charge is -2.08. The maximum atomic E-state index is 12.3. The van der Waals surface area contributed by atoms with Gasteiger partial charge in [-0.2, -0.15) is 13.2 Å². The van der Waals surface area contributed by atoms with Gasteiger partial charge in [0.2, 0.25) is 0 Å². The fraction of sp³-hybridized carbons (Fsp3) is 0.0909. The first-order chi connectivity index (χ1) is 8.39. The summed E-state index contributed by atoms with van der Waals surface area (Å²) in [5.74, 6) is 0. The third-order valence-corrected chi connectivity index (χ3v) is 2.35. The molecule has 18 heavy (non-hydrogen) atoms. The molecule has 0 aliphatic carbocycles. The number of hydrogen-bond acceptors (Lipinski definition) is 4. The highest BCUT2D eigenvalue weighted by Gasteiger charge is 2.32. The molecule has 2 heterocycles. The van der Waals surface area contributed by atoms with Crippen LogP contribution in [0.4, 0.5) is 24.5 Å². The second kappa shape index (κ2) is 4.17. The van der Waals surface area contributed by atoms with Crippen molar-refractivity contribution < 1.29 is 13.2 Å². The Hall–Kier alpha value is -2.31. The number of nitrogens with zero attached hydrogens (tertiary/aromatic N) is 2. The predicted octanol–water partition coefficient (Wildman–Crippen LogP) is 2.33. The Morgan fingerprint density at radius 1 is 1.00 bits per heavy atom. The Morgan fingerprint density at radius 2 is 1.72 bits per heavy atom. The molecule has 2 aromatic heterocycles.